The highest BCUT2D eigenvalue weighted by molar-refractivity contribution is 5.91. The van der Waals surface area contributed by atoms with Gasteiger partial charge in [-0.15, -0.1) is 0 Å². The minimum absolute atomic E-state index is 0.189. The first kappa shape index (κ1) is 30.6. The largest absolute Gasteiger partial charge is 0.419 e. The van der Waals surface area contributed by atoms with Gasteiger partial charge in [-0.1, -0.05) is 113 Å². The van der Waals surface area contributed by atoms with Crippen LogP contribution < -0.4 is 9.47 Å². The van der Waals surface area contributed by atoms with Crippen LogP contribution in [0.1, 0.15) is 87.5 Å². The molecule has 0 bridgehead atoms. The van der Waals surface area contributed by atoms with Crippen LogP contribution in [0.2, 0.25) is 0 Å². The van der Waals surface area contributed by atoms with Crippen molar-refractivity contribution in [2.45, 2.75) is 78.1 Å². The Morgan fingerprint density at radius 1 is 0.550 bits per heavy atom. The van der Waals surface area contributed by atoms with Gasteiger partial charge in [-0.05, 0) is 72.2 Å². The van der Waals surface area contributed by atoms with Crippen molar-refractivity contribution >= 4 is 24.1 Å². The van der Waals surface area contributed by atoms with E-state index in [1.807, 2.05) is 24.3 Å². The van der Waals surface area contributed by atoms with Crippen LogP contribution in [0.15, 0.2) is 84.9 Å². The predicted octanol–water partition coefficient (Wildman–Crippen LogP) is 9.17. The van der Waals surface area contributed by atoms with Crippen molar-refractivity contribution in [3.63, 3.8) is 0 Å². The lowest BCUT2D eigenvalue weighted by molar-refractivity contribution is -0.131. The molecule has 3 aromatic rings. The van der Waals surface area contributed by atoms with Crippen LogP contribution in [-0.2, 0) is 22.4 Å². The summed E-state index contributed by atoms with van der Waals surface area (Å²) in [4.78, 5) is 24.9. The molecule has 210 valence electrons. The number of aryl methyl sites for hydroxylation is 2. The smallest absolute Gasteiger partial charge is 0.336 e. The standard InChI is InChI=1S/C36H42O4/c1-3-5-7-9-13-29-17-21-31(22-18-29)25-27-35(37)39-33-15-11-12-16-34(33)40-36(38)28-26-32-23-19-30(20-24-32)14-10-8-6-4-2/h11-12,15-28H,3-10,13-14H2,1-2H3/b27-25+,28-26+. The summed E-state index contributed by atoms with van der Waals surface area (Å²) in [6.07, 6.45) is 18.3. The van der Waals surface area contributed by atoms with E-state index in [1.54, 1.807) is 36.4 Å². The van der Waals surface area contributed by atoms with Gasteiger partial charge in [0.25, 0.3) is 0 Å². The first-order valence-corrected chi connectivity index (χ1v) is 14.6. The molecule has 0 unspecified atom stereocenters. The zero-order valence-electron chi connectivity index (χ0n) is 23.9. The molecule has 0 amide bonds. The highest BCUT2D eigenvalue weighted by atomic mass is 16.6. The first-order valence-electron chi connectivity index (χ1n) is 14.6. The van der Waals surface area contributed by atoms with Crippen LogP contribution in [0.4, 0.5) is 0 Å². The van der Waals surface area contributed by atoms with Gasteiger partial charge in [-0.3, -0.25) is 0 Å². The number of ether oxygens (including phenoxy) is 2. The number of carbonyl (C=O) groups is 2. The van der Waals surface area contributed by atoms with E-state index in [9.17, 15) is 9.59 Å². The zero-order chi connectivity index (χ0) is 28.4. The monoisotopic (exact) mass is 538 g/mol. The van der Waals surface area contributed by atoms with Gasteiger partial charge in [0, 0.05) is 12.2 Å². The molecule has 0 N–H and O–H groups in total. The molecule has 0 aliphatic heterocycles. The van der Waals surface area contributed by atoms with E-state index in [0.29, 0.717) is 0 Å². The quantitative estimate of drug-likeness (QED) is 0.0789. The van der Waals surface area contributed by atoms with E-state index in [-0.39, 0.29) is 11.5 Å². The third-order valence-corrected chi connectivity index (χ3v) is 6.69. The van der Waals surface area contributed by atoms with Crippen molar-refractivity contribution in [3.8, 4) is 11.5 Å². The van der Waals surface area contributed by atoms with Crippen LogP contribution in [0, 0.1) is 0 Å². The molecule has 4 nitrogen and oxygen atoms in total. The van der Waals surface area contributed by atoms with Gasteiger partial charge in [0.1, 0.15) is 0 Å². The zero-order valence-corrected chi connectivity index (χ0v) is 23.9. The Labute approximate surface area is 239 Å². The highest BCUT2D eigenvalue weighted by Gasteiger charge is 2.11. The maximum Gasteiger partial charge on any atom is 0.336 e. The fourth-order valence-corrected chi connectivity index (χ4v) is 4.33. The summed E-state index contributed by atoms with van der Waals surface area (Å²) < 4.78 is 10.9. The molecular formula is C36H42O4. The lowest BCUT2D eigenvalue weighted by Crippen LogP contribution is -2.08. The minimum Gasteiger partial charge on any atom is -0.419 e. The highest BCUT2D eigenvalue weighted by Crippen LogP contribution is 2.27. The molecule has 3 rings (SSSR count). The molecule has 0 aliphatic rings. The van der Waals surface area contributed by atoms with Crippen molar-refractivity contribution in [2.75, 3.05) is 0 Å². The molecule has 0 spiro atoms. The van der Waals surface area contributed by atoms with Gasteiger partial charge in [-0.2, -0.15) is 0 Å². The predicted molar refractivity (Wildman–Crippen MR) is 164 cm³/mol. The molecule has 4 heteroatoms. The lowest BCUT2D eigenvalue weighted by atomic mass is 10.0. The van der Waals surface area contributed by atoms with E-state index in [2.05, 4.69) is 38.1 Å². The number of hydrogen-bond acceptors (Lipinski definition) is 4. The van der Waals surface area contributed by atoms with Crippen LogP contribution in [0.25, 0.3) is 12.2 Å². The van der Waals surface area contributed by atoms with Crippen LogP contribution in [0.5, 0.6) is 11.5 Å². The van der Waals surface area contributed by atoms with Gasteiger partial charge in [0.15, 0.2) is 11.5 Å². The number of esters is 2. The molecule has 0 aliphatic carbocycles. The Balaban J connectivity index is 1.50. The van der Waals surface area contributed by atoms with E-state index in [4.69, 9.17) is 9.47 Å². The molecular weight excluding hydrogens is 496 g/mol. The Morgan fingerprint density at radius 3 is 1.32 bits per heavy atom. The van der Waals surface area contributed by atoms with Crippen LogP contribution in [-0.4, -0.2) is 11.9 Å². The SMILES string of the molecule is CCCCCCc1ccc(/C=C/C(=O)Oc2ccccc2OC(=O)/C=C/c2ccc(CCCCCC)cc2)cc1. The normalized spacial score (nSPS) is 11.2. The number of benzene rings is 3. The molecule has 0 heterocycles. The molecule has 0 fully saturated rings. The van der Waals surface area contributed by atoms with Gasteiger partial charge < -0.3 is 9.47 Å². The number of para-hydroxylation sites is 2. The molecule has 0 saturated carbocycles. The van der Waals surface area contributed by atoms with Gasteiger partial charge in [0.05, 0.1) is 0 Å². The Bertz CT molecular complexity index is 1140. The molecule has 3 aromatic carbocycles. The summed E-state index contributed by atoms with van der Waals surface area (Å²) in [5.41, 5.74) is 4.44. The third-order valence-electron chi connectivity index (χ3n) is 6.69. The second kappa shape index (κ2) is 17.6. The third kappa shape index (κ3) is 11.4. The maximum atomic E-state index is 12.5. The summed E-state index contributed by atoms with van der Waals surface area (Å²) in [7, 11) is 0. The van der Waals surface area contributed by atoms with Gasteiger partial charge in [0.2, 0.25) is 0 Å². The van der Waals surface area contributed by atoms with Crippen molar-refractivity contribution in [1.82, 2.24) is 0 Å². The lowest BCUT2D eigenvalue weighted by Gasteiger charge is -2.08. The van der Waals surface area contributed by atoms with Crippen LogP contribution >= 0.6 is 0 Å². The van der Waals surface area contributed by atoms with Crippen LogP contribution in [0.3, 0.4) is 0 Å². The number of hydrogen-bond donors (Lipinski definition) is 0. The topological polar surface area (TPSA) is 52.6 Å². The second-order valence-electron chi connectivity index (χ2n) is 10.1. The fraction of sp³-hybridized carbons (Fsp3) is 0.333. The molecule has 0 aromatic heterocycles. The second-order valence-corrected chi connectivity index (χ2v) is 10.1. The van der Waals surface area contributed by atoms with Crippen molar-refractivity contribution < 1.29 is 19.1 Å². The molecule has 40 heavy (non-hydrogen) atoms. The summed E-state index contributed by atoms with van der Waals surface area (Å²) in [5, 5.41) is 0. The number of rotatable bonds is 16. The van der Waals surface area contributed by atoms with E-state index < -0.39 is 11.9 Å². The Morgan fingerprint density at radius 2 is 0.950 bits per heavy atom. The molecule has 0 atom stereocenters. The minimum atomic E-state index is -0.544. The number of unbranched alkanes of at least 4 members (excludes halogenated alkanes) is 6. The van der Waals surface area contributed by atoms with Crippen molar-refractivity contribution in [2.24, 2.45) is 0 Å². The van der Waals surface area contributed by atoms with Crippen molar-refractivity contribution in [3.05, 3.63) is 107 Å². The average Bonchev–Trinajstić information content (AvgIpc) is 2.98. The van der Waals surface area contributed by atoms with E-state index >= 15 is 0 Å². The average molecular weight is 539 g/mol. The summed E-state index contributed by atoms with van der Waals surface area (Å²) in [6, 6.07) is 23.1. The molecule has 0 radical (unpaired) electrons. The van der Waals surface area contributed by atoms with E-state index in [0.717, 1.165) is 24.0 Å². The fourth-order valence-electron chi connectivity index (χ4n) is 4.33. The molecule has 0 saturated heterocycles. The maximum absolute atomic E-state index is 12.5. The van der Waals surface area contributed by atoms with Gasteiger partial charge >= 0.3 is 11.9 Å². The summed E-state index contributed by atoms with van der Waals surface area (Å²) in [5.74, 6) is -0.711. The van der Waals surface area contributed by atoms with Gasteiger partial charge in [-0.25, -0.2) is 9.59 Å². The first-order chi connectivity index (χ1) is 19.6. The van der Waals surface area contributed by atoms with Crippen molar-refractivity contribution in [1.29, 1.82) is 0 Å². The summed E-state index contributed by atoms with van der Waals surface area (Å²) in [6.45, 7) is 4.43. The Hall–Kier alpha value is -3.92. The Kier molecular flexibility index (Phi) is 13.5. The summed E-state index contributed by atoms with van der Waals surface area (Å²) >= 11 is 0. The number of carbonyl (C=O) groups excluding carboxylic acids is 2. The van der Waals surface area contributed by atoms with E-state index in [1.165, 1.54) is 74.6 Å².